The maximum absolute atomic E-state index is 12.0. The van der Waals surface area contributed by atoms with Gasteiger partial charge in [0.1, 0.15) is 0 Å². The van der Waals surface area contributed by atoms with Crippen molar-refractivity contribution in [1.29, 1.82) is 0 Å². The number of nitrogens with one attached hydrogen (secondary N) is 1. The average Bonchev–Trinajstić information content (AvgIpc) is 2.98. The van der Waals surface area contributed by atoms with Crippen molar-refractivity contribution >= 4 is 39.1 Å². The number of halogens is 2. The van der Waals surface area contributed by atoms with Crippen LogP contribution in [0.2, 0.25) is 5.02 Å². The molecule has 1 aliphatic rings. The van der Waals surface area contributed by atoms with Gasteiger partial charge < -0.3 is 19.2 Å². The van der Waals surface area contributed by atoms with Crippen molar-refractivity contribution in [3.8, 4) is 11.5 Å². The van der Waals surface area contributed by atoms with Crippen LogP contribution in [-0.2, 0) is 0 Å². The topological polar surface area (TPSA) is 60.7 Å². The maximum Gasteiger partial charge on any atom is 0.260 e. The van der Waals surface area contributed by atoms with Crippen molar-refractivity contribution < 1.29 is 18.7 Å². The number of fused-ring (bicyclic) bond motifs is 1. The molecule has 7 heteroatoms. The summed E-state index contributed by atoms with van der Waals surface area (Å²) in [5, 5.41) is 3.06. The van der Waals surface area contributed by atoms with Crippen LogP contribution >= 0.6 is 27.5 Å². The lowest BCUT2D eigenvalue weighted by molar-refractivity contribution is 0.102. The van der Waals surface area contributed by atoms with Crippen molar-refractivity contribution in [3.05, 3.63) is 39.7 Å². The summed E-state index contributed by atoms with van der Waals surface area (Å²) in [7, 11) is 0. The second-order valence-electron chi connectivity index (χ2n) is 3.75. The van der Waals surface area contributed by atoms with Gasteiger partial charge >= 0.3 is 0 Å². The fraction of sp³-hybridized carbons (Fsp3) is 0.0833. The molecule has 1 aliphatic heterocycles. The van der Waals surface area contributed by atoms with Crippen molar-refractivity contribution in [2.75, 3.05) is 12.1 Å². The number of ether oxygens (including phenoxy) is 2. The molecule has 0 aliphatic carbocycles. The van der Waals surface area contributed by atoms with Crippen LogP contribution in [-0.4, -0.2) is 12.7 Å². The molecular weight excluding hydrogens is 337 g/mol. The fourth-order valence-electron chi connectivity index (χ4n) is 1.66. The zero-order chi connectivity index (χ0) is 13.4. The third-order valence-electron chi connectivity index (χ3n) is 2.57. The first-order chi connectivity index (χ1) is 9.15. The van der Waals surface area contributed by atoms with Gasteiger partial charge in [0.25, 0.3) is 5.91 Å². The van der Waals surface area contributed by atoms with E-state index in [0.717, 1.165) is 0 Å². The maximum atomic E-state index is 12.0. The second kappa shape index (κ2) is 4.79. The van der Waals surface area contributed by atoms with E-state index in [4.69, 9.17) is 25.5 Å². The highest BCUT2D eigenvalue weighted by atomic mass is 79.9. The summed E-state index contributed by atoms with van der Waals surface area (Å²) < 4.78 is 15.8. The first-order valence-corrected chi connectivity index (χ1v) is 6.46. The zero-order valence-electron chi connectivity index (χ0n) is 9.41. The van der Waals surface area contributed by atoms with Gasteiger partial charge in [0.05, 0.1) is 22.5 Å². The Bertz CT molecular complexity index is 655. The monoisotopic (exact) mass is 343 g/mol. The Labute approximate surface area is 121 Å². The Morgan fingerprint density at radius 1 is 1.32 bits per heavy atom. The molecule has 1 aromatic heterocycles. The van der Waals surface area contributed by atoms with Crippen LogP contribution in [0.25, 0.3) is 0 Å². The summed E-state index contributed by atoms with van der Waals surface area (Å²) in [6.45, 7) is 0.149. The zero-order valence-corrected chi connectivity index (χ0v) is 11.7. The van der Waals surface area contributed by atoms with Crippen molar-refractivity contribution in [1.82, 2.24) is 0 Å². The van der Waals surface area contributed by atoms with Crippen molar-refractivity contribution in [2.24, 2.45) is 0 Å². The van der Waals surface area contributed by atoms with Gasteiger partial charge in [0.2, 0.25) is 6.79 Å². The van der Waals surface area contributed by atoms with E-state index in [2.05, 4.69) is 21.2 Å². The standard InChI is InChI=1S/C12H7BrClNO4/c13-11-6(1-2-17-11)12(16)15-8-4-10-9(3-7(8)14)18-5-19-10/h1-4H,5H2,(H,15,16). The van der Waals surface area contributed by atoms with Gasteiger partial charge in [-0.1, -0.05) is 11.6 Å². The molecular formula is C12H7BrClNO4. The molecule has 0 saturated carbocycles. The van der Waals surface area contributed by atoms with E-state index < -0.39 is 0 Å². The number of carbonyl (C=O) groups excluding carboxylic acids is 1. The molecule has 1 amide bonds. The number of amides is 1. The summed E-state index contributed by atoms with van der Waals surface area (Å²) >= 11 is 9.21. The average molecular weight is 345 g/mol. The number of rotatable bonds is 2. The predicted molar refractivity (Wildman–Crippen MR) is 71.9 cm³/mol. The minimum absolute atomic E-state index is 0.149. The molecule has 0 spiro atoms. The van der Waals surface area contributed by atoms with Gasteiger partial charge in [-0.2, -0.15) is 0 Å². The highest BCUT2D eigenvalue weighted by molar-refractivity contribution is 9.10. The SMILES string of the molecule is O=C(Nc1cc2c(cc1Cl)OCO2)c1ccoc1Br. The van der Waals surface area contributed by atoms with E-state index in [-0.39, 0.29) is 12.7 Å². The van der Waals surface area contributed by atoms with E-state index in [1.807, 2.05) is 0 Å². The molecule has 98 valence electrons. The highest BCUT2D eigenvalue weighted by Gasteiger charge is 2.19. The van der Waals surface area contributed by atoms with Crippen molar-refractivity contribution in [3.63, 3.8) is 0 Å². The van der Waals surface area contributed by atoms with Gasteiger partial charge in [0.15, 0.2) is 16.2 Å². The first kappa shape index (κ1) is 12.4. The van der Waals surface area contributed by atoms with Gasteiger partial charge in [-0.05, 0) is 22.0 Å². The van der Waals surface area contributed by atoms with Crippen LogP contribution < -0.4 is 14.8 Å². The third kappa shape index (κ3) is 2.29. The lowest BCUT2D eigenvalue weighted by Crippen LogP contribution is -2.11. The molecule has 19 heavy (non-hydrogen) atoms. The van der Waals surface area contributed by atoms with Gasteiger partial charge in [-0.3, -0.25) is 4.79 Å². The fourth-order valence-corrected chi connectivity index (χ4v) is 2.28. The van der Waals surface area contributed by atoms with Gasteiger partial charge in [-0.15, -0.1) is 0 Å². The minimum atomic E-state index is -0.332. The van der Waals surface area contributed by atoms with Crippen LogP contribution in [0.4, 0.5) is 5.69 Å². The molecule has 0 bridgehead atoms. The summed E-state index contributed by atoms with van der Waals surface area (Å²) in [4.78, 5) is 12.0. The summed E-state index contributed by atoms with van der Waals surface area (Å²) in [6.07, 6.45) is 1.42. The van der Waals surface area contributed by atoms with Crippen LogP contribution in [0.15, 0.2) is 33.5 Å². The number of furan rings is 1. The number of benzene rings is 1. The number of anilines is 1. The normalized spacial score (nSPS) is 12.5. The summed E-state index contributed by atoms with van der Waals surface area (Å²) in [5.74, 6) is 0.778. The van der Waals surface area contributed by atoms with Gasteiger partial charge in [0, 0.05) is 12.1 Å². The number of carbonyl (C=O) groups is 1. The number of hydrogen-bond acceptors (Lipinski definition) is 4. The van der Waals surface area contributed by atoms with Crippen LogP contribution in [0.1, 0.15) is 10.4 Å². The molecule has 2 heterocycles. The molecule has 2 aromatic rings. The third-order valence-corrected chi connectivity index (χ3v) is 3.50. The van der Waals surface area contributed by atoms with E-state index in [1.165, 1.54) is 6.26 Å². The summed E-state index contributed by atoms with van der Waals surface area (Å²) in [5.41, 5.74) is 0.831. The highest BCUT2D eigenvalue weighted by Crippen LogP contribution is 2.39. The molecule has 0 radical (unpaired) electrons. The van der Waals surface area contributed by atoms with Crippen LogP contribution in [0.5, 0.6) is 11.5 Å². The van der Waals surface area contributed by atoms with Gasteiger partial charge in [-0.25, -0.2) is 0 Å². The lowest BCUT2D eigenvalue weighted by Gasteiger charge is -2.07. The second-order valence-corrected chi connectivity index (χ2v) is 4.87. The smallest absolute Gasteiger partial charge is 0.260 e. The van der Waals surface area contributed by atoms with E-state index in [0.29, 0.717) is 32.4 Å². The Balaban J connectivity index is 1.88. The van der Waals surface area contributed by atoms with E-state index >= 15 is 0 Å². The molecule has 3 rings (SSSR count). The Morgan fingerprint density at radius 3 is 2.74 bits per heavy atom. The van der Waals surface area contributed by atoms with Crippen LogP contribution in [0.3, 0.4) is 0 Å². The lowest BCUT2D eigenvalue weighted by atomic mass is 10.2. The molecule has 0 atom stereocenters. The molecule has 1 aromatic carbocycles. The largest absolute Gasteiger partial charge is 0.457 e. The quantitative estimate of drug-likeness (QED) is 0.903. The predicted octanol–water partition coefficient (Wildman–Crippen LogP) is 3.68. The van der Waals surface area contributed by atoms with Crippen LogP contribution in [0, 0.1) is 0 Å². The van der Waals surface area contributed by atoms with Crippen molar-refractivity contribution in [2.45, 2.75) is 0 Å². The first-order valence-electron chi connectivity index (χ1n) is 5.28. The number of hydrogen-bond donors (Lipinski definition) is 1. The van der Waals surface area contributed by atoms with E-state index in [9.17, 15) is 4.79 Å². The molecule has 5 nitrogen and oxygen atoms in total. The Hall–Kier alpha value is -1.66. The minimum Gasteiger partial charge on any atom is -0.457 e. The Morgan fingerprint density at radius 2 is 2.05 bits per heavy atom. The Kier molecular flexibility index (Phi) is 3.12. The molecule has 1 N–H and O–H groups in total. The van der Waals surface area contributed by atoms with E-state index in [1.54, 1.807) is 18.2 Å². The molecule has 0 unspecified atom stereocenters. The molecule has 0 fully saturated rings. The summed E-state index contributed by atoms with van der Waals surface area (Å²) in [6, 6.07) is 4.78. The molecule has 0 saturated heterocycles.